The second-order valence-electron chi connectivity index (χ2n) is 5.27. The minimum atomic E-state index is -0.0351. The van der Waals surface area contributed by atoms with Crippen LogP contribution in [0.4, 0.5) is 0 Å². The van der Waals surface area contributed by atoms with Gasteiger partial charge in [0.05, 0.1) is 13.1 Å². The second-order valence-corrected chi connectivity index (χ2v) is 6.05. The fourth-order valence-corrected chi connectivity index (χ4v) is 2.77. The Kier molecular flexibility index (Phi) is 10.9. The van der Waals surface area contributed by atoms with Gasteiger partial charge in [-0.1, -0.05) is 30.3 Å². The molecule has 136 valence electrons. The van der Waals surface area contributed by atoms with Gasteiger partial charge in [0, 0.05) is 13.1 Å². The van der Waals surface area contributed by atoms with Crippen LogP contribution < -0.4 is 16.0 Å². The second kappa shape index (κ2) is 12.7. The van der Waals surface area contributed by atoms with Gasteiger partial charge in [-0.05, 0) is 41.3 Å². The van der Waals surface area contributed by atoms with Crippen molar-refractivity contribution in [2.45, 2.75) is 19.9 Å². The summed E-state index contributed by atoms with van der Waals surface area (Å²) in [7, 11) is 0. The van der Waals surface area contributed by atoms with Gasteiger partial charge in [0.2, 0.25) is 5.91 Å². The maximum atomic E-state index is 11.9. The van der Waals surface area contributed by atoms with E-state index in [1.165, 1.54) is 11.1 Å². The molecule has 25 heavy (non-hydrogen) atoms. The van der Waals surface area contributed by atoms with Crippen LogP contribution in [0.5, 0.6) is 0 Å². The van der Waals surface area contributed by atoms with E-state index < -0.39 is 0 Å². The van der Waals surface area contributed by atoms with Crippen LogP contribution in [0.25, 0.3) is 0 Å². The minimum Gasteiger partial charge on any atom is -0.357 e. The van der Waals surface area contributed by atoms with Crippen molar-refractivity contribution in [2.24, 2.45) is 4.99 Å². The van der Waals surface area contributed by atoms with E-state index in [1.807, 2.05) is 36.6 Å². The molecule has 0 unspecified atom stereocenters. The molecule has 5 nitrogen and oxygen atoms in total. The summed E-state index contributed by atoms with van der Waals surface area (Å²) >= 11 is 1.66. The molecule has 0 fully saturated rings. The Balaban J connectivity index is 0.00000312. The number of hydrogen-bond donors (Lipinski definition) is 3. The average Bonchev–Trinajstić information content (AvgIpc) is 3.12. The molecule has 1 heterocycles. The lowest BCUT2D eigenvalue weighted by atomic mass is 10.1. The fourth-order valence-electron chi connectivity index (χ4n) is 2.11. The molecule has 2 aromatic rings. The van der Waals surface area contributed by atoms with Crippen LogP contribution in [-0.4, -0.2) is 31.5 Å². The average molecular weight is 472 g/mol. The van der Waals surface area contributed by atoms with E-state index in [-0.39, 0.29) is 36.4 Å². The number of halogens is 1. The van der Waals surface area contributed by atoms with Crippen LogP contribution in [0.3, 0.4) is 0 Å². The van der Waals surface area contributed by atoms with E-state index in [0.717, 1.165) is 13.0 Å². The van der Waals surface area contributed by atoms with Gasteiger partial charge < -0.3 is 16.0 Å². The predicted octanol–water partition coefficient (Wildman–Crippen LogP) is 2.78. The first-order valence-corrected chi connectivity index (χ1v) is 9.06. The number of nitrogens with zero attached hydrogens (tertiary/aromatic N) is 1. The van der Waals surface area contributed by atoms with E-state index in [0.29, 0.717) is 19.0 Å². The first-order valence-electron chi connectivity index (χ1n) is 8.12. The lowest BCUT2D eigenvalue weighted by molar-refractivity contribution is -0.119. The first-order chi connectivity index (χ1) is 11.8. The molecular formula is C18H25IN4OS. The molecule has 1 aromatic heterocycles. The SMILES string of the molecule is CCNC(=NCc1ccsc1)NCC(=O)NCCc1ccccc1.I. The monoisotopic (exact) mass is 472 g/mol. The molecule has 1 amide bonds. The van der Waals surface area contributed by atoms with Crippen LogP contribution >= 0.6 is 35.3 Å². The molecule has 0 saturated carbocycles. The van der Waals surface area contributed by atoms with Crippen molar-refractivity contribution in [1.29, 1.82) is 0 Å². The first kappa shape index (κ1) is 21.4. The Morgan fingerprint density at radius 2 is 1.88 bits per heavy atom. The highest BCUT2D eigenvalue weighted by Crippen LogP contribution is 2.06. The Morgan fingerprint density at radius 3 is 2.56 bits per heavy atom. The van der Waals surface area contributed by atoms with Crippen LogP contribution in [0, 0.1) is 0 Å². The zero-order chi connectivity index (χ0) is 17.0. The largest absolute Gasteiger partial charge is 0.357 e. The number of aliphatic imine (C=N–C) groups is 1. The van der Waals surface area contributed by atoms with Gasteiger partial charge in [-0.2, -0.15) is 11.3 Å². The minimum absolute atomic E-state index is 0. The Bertz CT molecular complexity index is 632. The number of guanidine groups is 1. The molecule has 3 N–H and O–H groups in total. The highest BCUT2D eigenvalue weighted by atomic mass is 127. The number of rotatable bonds is 8. The predicted molar refractivity (Wildman–Crippen MR) is 116 cm³/mol. The molecule has 0 atom stereocenters. The zero-order valence-corrected chi connectivity index (χ0v) is 17.5. The molecule has 0 bridgehead atoms. The van der Waals surface area contributed by atoms with Crippen molar-refractivity contribution >= 4 is 47.2 Å². The van der Waals surface area contributed by atoms with Crippen molar-refractivity contribution in [3.63, 3.8) is 0 Å². The zero-order valence-electron chi connectivity index (χ0n) is 14.3. The van der Waals surface area contributed by atoms with Gasteiger partial charge in [-0.3, -0.25) is 4.79 Å². The number of benzene rings is 1. The van der Waals surface area contributed by atoms with Gasteiger partial charge in [0.1, 0.15) is 0 Å². The lowest BCUT2D eigenvalue weighted by Gasteiger charge is -2.11. The van der Waals surface area contributed by atoms with Crippen LogP contribution in [0.2, 0.25) is 0 Å². The third-order valence-corrected chi connectivity index (χ3v) is 4.07. The fraction of sp³-hybridized carbons (Fsp3) is 0.333. The summed E-state index contributed by atoms with van der Waals surface area (Å²) in [6, 6.07) is 12.2. The molecule has 2 rings (SSSR count). The molecule has 7 heteroatoms. The standard InChI is InChI=1S/C18H24N4OS.HI/c1-2-19-18(21-12-16-9-11-24-14-16)22-13-17(23)20-10-8-15-6-4-3-5-7-15;/h3-7,9,11,14H,2,8,10,12-13H2,1H3,(H,20,23)(H2,19,21,22);1H. The Labute approximate surface area is 170 Å². The molecule has 0 spiro atoms. The van der Waals surface area contributed by atoms with Gasteiger partial charge in [0.15, 0.2) is 5.96 Å². The number of thiophene rings is 1. The normalized spacial score (nSPS) is 10.7. The van der Waals surface area contributed by atoms with E-state index >= 15 is 0 Å². The lowest BCUT2D eigenvalue weighted by Crippen LogP contribution is -2.43. The van der Waals surface area contributed by atoms with Crippen molar-refractivity contribution in [1.82, 2.24) is 16.0 Å². The number of carbonyl (C=O) groups is 1. The van der Waals surface area contributed by atoms with Crippen LogP contribution in [0.1, 0.15) is 18.1 Å². The molecule has 0 saturated heterocycles. The summed E-state index contributed by atoms with van der Waals surface area (Å²) in [4.78, 5) is 16.4. The molecule has 0 aliphatic heterocycles. The van der Waals surface area contributed by atoms with Crippen LogP contribution in [-0.2, 0) is 17.8 Å². The summed E-state index contributed by atoms with van der Waals surface area (Å²) in [6.07, 6.45) is 0.832. The van der Waals surface area contributed by atoms with Crippen molar-refractivity contribution < 1.29 is 4.79 Å². The van der Waals surface area contributed by atoms with Gasteiger partial charge in [-0.15, -0.1) is 24.0 Å². The smallest absolute Gasteiger partial charge is 0.239 e. The third kappa shape index (κ3) is 8.87. The topological polar surface area (TPSA) is 65.5 Å². The summed E-state index contributed by atoms with van der Waals surface area (Å²) < 4.78 is 0. The maximum Gasteiger partial charge on any atom is 0.239 e. The quantitative estimate of drug-likeness (QED) is 0.315. The van der Waals surface area contributed by atoms with Crippen LogP contribution in [0.15, 0.2) is 52.2 Å². The van der Waals surface area contributed by atoms with E-state index in [1.54, 1.807) is 11.3 Å². The number of nitrogens with one attached hydrogen (secondary N) is 3. The summed E-state index contributed by atoms with van der Waals surface area (Å²) in [5.41, 5.74) is 2.39. The van der Waals surface area contributed by atoms with Gasteiger partial charge >= 0.3 is 0 Å². The van der Waals surface area contributed by atoms with E-state index in [4.69, 9.17) is 0 Å². The Hall–Kier alpha value is -1.61. The third-order valence-electron chi connectivity index (χ3n) is 3.34. The molecule has 0 aliphatic carbocycles. The maximum absolute atomic E-state index is 11.9. The Morgan fingerprint density at radius 1 is 1.08 bits per heavy atom. The molecular weight excluding hydrogens is 447 g/mol. The van der Waals surface area contributed by atoms with Crippen molar-refractivity contribution in [3.05, 3.63) is 58.3 Å². The molecule has 0 radical (unpaired) electrons. The van der Waals surface area contributed by atoms with E-state index in [9.17, 15) is 4.79 Å². The van der Waals surface area contributed by atoms with E-state index in [2.05, 4.69) is 38.5 Å². The van der Waals surface area contributed by atoms with Gasteiger partial charge in [0.25, 0.3) is 0 Å². The summed E-state index contributed by atoms with van der Waals surface area (Å²) in [6.45, 7) is 4.21. The van der Waals surface area contributed by atoms with Crippen molar-refractivity contribution in [3.8, 4) is 0 Å². The summed E-state index contributed by atoms with van der Waals surface area (Å²) in [5, 5.41) is 13.2. The molecule has 1 aromatic carbocycles. The highest BCUT2D eigenvalue weighted by molar-refractivity contribution is 14.0. The van der Waals surface area contributed by atoms with Crippen molar-refractivity contribution in [2.75, 3.05) is 19.6 Å². The number of amides is 1. The number of hydrogen-bond acceptors (Lipinski definition) is 3. The highest BCUT2D eigenvalue weighted by Gasteiger charge is 2.03. The summed E-state index contributed by atoms with van der Waals surface area (Å²) in [5.74, 6) is 0.619. The van der Waals surface area contributed by atoms with Gasteiger partial charge in [-0.25, -0.2) is 4.99 Å². The molecule has 0 aliphatic rings. The number of carbonyl (C=O) groups excluding carboxylic acids is 1.